The Morgan fingerprint density at radius 3 is 2.94 bits per heavy atom. The molecule has 4 nitrogen and oxygen atoms in total. The fourth-order valence-corrected chi connectivity index (χ4v) is 2.07. The molecule has 1 aliphatic rings. The van der Waals surface area contributed by atoms with E-state index in [2.05, 4.69) is 20.9 Å². The first-order chi connectivity index (χ1) is 8.72. The lowest BCUT2D eigenvalue weighted by atomic mass is 10.0. The Hall–Kier alpha value is -1.46. The molecule has 0 spiro atoms. The fourth-order valence-electron chi connectivity index (χ4n) is 1.65. The highest BCUT2D eigenvalue weighted by Gasteiger charge is 2.37. The number of carbonyl (C=O) groups is 1. The van der Waals surface area contributed by atoms with Gasteiger partial charge in [0.2, 0.25) is 5.60 Å². The van der Waals surface area contributed by atoms with Gasteiger partial charge in [-0.3, -0.25) is 9.79 Å². The van der Waals surface area contributed by atoms with Crippen molar-refractivity contribution in [3.8, 4) is 5.75 Å². The Bertz CT molecular complexity index is 513. The van der Waals surface area contributed by atoms with Crippen LogP contribution in [0.2, 0.25) is 0 Å². The average Bonchev–Trinajstić information content (AvgIpc) is 2.42. The van der Waals surface area contributed by atoms with Gasteiger partial charge in [-0.25, -0.2) is 0 Å². The lowest BCUT2D eigenvalue weighted by molar-refractivity contribution is -0.117. The van der Waals surface area contributed by atoms with Gasteiger partial charge in [0, 0.05) is 16.3 Å². The van der Waals surface area contributed by atoms with Gasteiger partial charge in [0.25, 0.3) is 0 Å². The minimum Gasteiger partial charge on any atom is -0.472 e. The molecule has 1 aliphatic heterocycles. The lowest BCUT2D eigenvalue weighted by Crippen LogP contribution is -2.43. The number of aliphatic hydroxyl groups excluding tert-OH is 1. The van der Waals surface area contributed by atoms with Gasteiger partial charge in [0.1, 0.15) is 5.75 Å². The number of dihydropyridines is 1. The molecule has 5 heteroatoms. The Kier molecular flexibility index (Phi) is 3.93. The first kappa shape index (κ1) is 13.0. The van der Waals surface area contributed by atoms with Crippen LogP contribution >= 0.6 is 15.9 Å². The summed E-state index contributed by atoms with van der Waals surface area (Å²) < 4.78 is 6.39. The number of ether oxygens (including phenoxy) is 1. The van der Waals surface area contributed by atoms with Crippen molar-refractivity contribution in [2.24, 2.45) is 4.99 Å². The number of aliphatic imine (C=N–C) groups is 1. The van der Waals surface area contributed by atoms with E-state index in [4.69, 9.17) is 4.74 Å². The second-order valence-corrected chi connectivity index (χ2v) is 4.73. The van der Waals surface area contributed by atoms with E-state index in [1.54, 1.807) is 36.6 Å². The molecule has 0 fully saturated rings. The number of carbonyl (C=O) groups excluding carboxylic acids is 1. The van der Waals surface area contributed by atoms with Gasteiger partial charge >= 0.3 is 0 Å². The molecule has 1 aromatic carbocycles. The predicted molar refractivity (Wildman–Crippen MR) is 72.2 cm³/mol. The quantitative estimate of drug-likeness (QED) is 0.864. The van der Waals surface area contributed by atoms with Crippen molar-refractivity contribution in [1.82, 2.24) is 0 Å². The molecular formula is C13H12BrNO3. The number of rotatable bonds is 4. The topological polar surface area (TPSA) is 58.9 Å². The van der Waals surface area contributed by atoms with Crippen LogP contribution in [0.3, 0.4) is 0 Å². The number of allylic oxidation sites excluding steroid dienone is 1. The van der Waals surface area contributed by atoms with Crippen molar-refractivity contribution < 1.29 is 14.6 Å². The van der Waals surface area contributed by atoms with Gasteiger partial charge in [-0.2, -0.15) is 0 Å². The maximum absolute atomic E-state index is 11.4. The van der Waals surface area contributed by atoms with Crippen LogP contribution in [0.15, 0.2) is 39.8 Å². The summed E-state index contributed by atoms with van der Waals surface area (Å²) in [6.07, 6.45) is 4.02. The van der Waals surface area contributed by atoms with E-state index in [1.807, 2.05) is 0 Å². The summed E-state index contributed by atoms with van der Waals surface area (Å²) in [5.41, 5.74) is -0.506. The van der Waals surface area contributed by atoms with Gasteiger partial charge in [0.05, 0.1) is 13.2 Å². The van der Waals surface area contributed by atoms with Crippen LogP contribution in [0.1, 0.15) is 5.56 Å². The number of hydrogen-bond acceptors (Lipinski definition) is 4. The number of halogens is 1. The number of para-hydroxylation sites is 1. The first-order valence-corrected chi connectivity index (χ1v) is 6.21. The van der Waals surface area contributed by atoms with Crippen LogP contribution < -0.4 is 4.74 Å². The van der Waals surface area contributed by atoms with Gasteiger partial charge in [-0.1, -0.05) is 34.1 Å². The van der Waals surface area contributed by atoms with Gasteiger partial charge in [0.15, 0.2) is 6.29 Å². The van der Waals surface area contributed by atoms with Crippen molar-refractivity contribution in [2.75, 3.05) is 6.54 Å². The SMILES string of the molecule is O=CC1(Oc2ccccc2CO)CN=CC=C1Br. The second-order valence-electron chi connectivity index (χ2n) is 3.88. The Morgan fingerprint density at radius 2 is 2.28 bits per heavy atom. The summed E-state index contributed by atoms with van der Waals surface area (Å²) >= 11 is 3.33. The van der Waals surface area contributed by atoms with Crippen molar-refractivity contribution in [1.29, 1.82) is 0 Å². The van der Waals surface area contributed by atoms with Crippen molar-refractivity contribution in [3.05, 3.63) is 40.4 Å². The molecule has 0 aromatic heterocycles. The second kappa shape index (κ2) is 5.46. The van der Waals surface area contributed by atoms with Crippen LogP contribution in [0, 0.1) is 0 Å². The minimum absolute atomic E-state index is 0.143. The molecule has 0 radical (unpaired) electrons. The molecule has 0 bridgehead atoms. The summed E-state index contributed by atoms with van der Waals surface area (Å²) in [5, 5.41) is 9.25. The largest absolute Gasteiger partial charge is 0.472 e. The Labute approximate surface area is 113 Å². The van der Waals surface area contributed by atoms with Crippen molar-refractivity contribution in [2.45, 2.75) is 12.2 Å². The Balaban J connectivity index is 2.34. The van der Waals surface area contributed by atoms with Crippen LogP contribution in [0.4, 0.5) is 0 Å². The molecule has 0 amide bonds. The highest BCUT2D eigenvalue weighted by Crippen LogP contribution is 2.31. The zero-order valence-electron chi connectivity index (χ0n) is 9.54. The summed E-state index contributed by atoms with van der Waals surface area (Å²) in [6.45, 7) is 0.0725. The maximum atomic E-state index is 11.4. The third-order valence-corrected chi connectivity index (χ3v) is 3.62. The molecule has 0 saturated carbocycles. The predicted octanol–water partition coefficient (Wildman–Crippen LogP) is 1.86. The molecular weight excluding hydrogens is 298 g/mol. The van der Waals surface area contributed by atoms with Crippen LogP contribution in [-0.2, 0) is 11.4 Å². The molecule has 1 atom stereocenters. The molecule has 2 rings (SSSR count). The van der Waals surface area contributed by atoms with Gasteiger partial charge in [-0.15, -0.1) is 0 Å². The summed E-state index contributed by atoms with van der Waals surface area (Å²) in [6, 6.07) is 7.06. The number of nitrogens with zero attached hydrogens (tertiary/aromatic N) is 1. The maximum Gasteiger partial charge on any atom is 0.214 e. The van der Waals surface area contributed by atoms with E-state index in [0.717, 1.165) is 6.29 Å². The zero-order chi connectivity index (χ0) is 13.0. The van der Waals surface area contributed by atoms with Crippen LogP contribution in [0.25, 0.3) is 0 Å². The van der Waals surface area contributed by atoms with E-state index in [0.29, 0.717) is 15.8 Å². The van der Waals surface area contributed by atoms with Crippen LogP contribution in [0.5, 0.6) is 5.75 Å². The molecule has 1 unspecified atom stereocenters. The third kappa shape index (κ3) is 2.37. The smallest absolute Gasteiger partial charge is 0.214 e. The molecule has 0 aliphatic carbocycles. The van der Waals surface area contributed by atoms with Gasteiger partial charge in [-0.05, 0) is 12.1 Å². The normalized spacial score (nSPS) is 22.4. The molecule has 1 N–H and O–H groups in total. The molecule has 18 heavy (non-hydrogen) atoms. The number of aliphatic hydroxyl groups is 1. The van der Waals surface area contributed by atoms with Crippen molar-refractivity contribution >= 4 is 28.4 Å². The Morgan fingerprint density at radius 1 is 1.50 bits per heavy atom. The summed E-state index contributed by atoms with van der Waals surface area (Å²) in [5.74, 6) is 0.481. The number of benzene rings is 1. The van der Waals surface area contributed by atoms with E-state index in [1.165, 1.54) is 0 Å². The highest BCUT2D eigenvalue weighted by atomic mass is 79.9. The van der Waals surface area contributed by atoms with E-state index < -0.39 is 5.60 Å². The first-order valence-electron chi connectivity index (χ1n) is 5.42. The minimum atomic E-state index is -1.14. The van der Waals surface area contributed by atoms with Crippen LogP contribution in [-0.4, -0.2) is 29.8 Å². The summed E-state index contributed by atoms with van der Waals surface area (Å²) in [7, 11) is 0. The number of aldehydes is 1. The van der Waals surface area contributed by atoms with Gasteiger partial charge < -0.3 is 9.84 Å². The highest BCUT2D eigenvalue weighted by molar-refractivity contribution is 9.11. The monoisotopic (exact) mass is 309 g/mol. The van der Waals surface area contributed by atoms with E-state index in [-0.39, 0.29) is 13.2 Å². The average molecular weight is 310 g/mol. The number of hydrogen-bond donors (Lipinski definition) is 1. The lowest BCUT2D eigenvalue weighted by Gasteiger charge is -2.29. The third-order valence-electron chi connectivity index (χ3n) is 2.68. The van der Waals surface area contributed by atoms with E-state index >= 15 is 0 Å². The standard InChI is InChI=1S/C13H12BrNO3/c14-12-5-6-15-8-13(12,9-17)18-11-4-2-1-3-10(11)7-16/h1-6,9,16H,7-8H2. The zero-order valence-corrected chi connectivity index (χ0v) is 11.1. The molecule has 94 valence electrons. The van der Waals surface area contributed by atoms with E-state index in [9.17, 15) is 9.90 Å². The molecule has 1 aromatic rings. The molecule has 0 saturated heterocycles. The molecule has 1 heterocycles. The summed E-state index contributed by atoms with van der Waals surface area (Å²) in [4.78, 5) is 15.4. The van der Waals surface area contributed by atoms with Crippen molar-refractivity contribution in [3.63, 3.8) is 0 Å². The fraction of sp³-hybridized carbons (Fsp3) is 0.231.